The van der Waals surface area contributed by atoms with Gasteiger partial charge in [0.1, 0.15) is 5.82 Å². The van der Waals surface area contributed by atoms with Crippen LogP contribution in [0.1, 0.15) is 32.1 Å². The molecular formula is C12H20N4O3S. The van der Waals surface area contributed by atoms with Gasteiger partial charge in [0.15, 0.2) is 0 Å². The van der Waals surface area contributed by atoms with Crippen molar-refractivity contribution in [1.29, 1.82) is 0 Å². The number of aromatic nitrogens is 1. The summed E-state index contributed by atoms with van der Waals surface area (Å²) < 4.78 is 27.2. The minimum absolute atomic E-state index is 0.0805. The van der Waals surface area contributed by atoms with E-state index in [-0.39, 0.29) is 10.7 Å². The molecular weight excluding hydrogens is 280 g/mol. The summed E-state index contributed by atoms with van der Waals surface area (Å²) in [5.74, 6) is 5.49. The van der Waals surface area contributed by atoms with E-state index in [4.69, 9.17) is 5.84 Å². The van der Waals surface area contributed by atoms with Gasteiger partial charge in [0.2, 0.25) is 10.0 Å². The predicted molar refractivity (Wildman–Crippen MR) is 75.2 cm³/mol. The number of nitrogen functional groups attached to an aromatic ring is 1. The van der Waals surface area contributed by atoms with Crippen LogP contribution in [-0.2, 0) is 10.0 Å². The molecule has 2 unspecified atom stereocenters. The Kier molecular flexibility index (Phi) is 4.92. The molecule has 0 aromatic carbocycles. The smallest absolute Gasteiger partial charge is 0.241 e. The third kappa shape index (κ3) is 3.66. The molecule has 1 aliphatic rings. The average Bonchev–Trinajstić information content (AvgIpc) is 2.64. The topological polar surface area (TPSA) is 117 Å². The van der Waals surface area contributed by atoms with Gasteiger partial charge in [-0.05, 0) is 18.9 Å². The molecule has 1 aromatic heterocycles. The van der Waals surface area contributed by atoms with Crippen LogP contribution in [0.25, 0.3) is 0 Å². The maximum absolute atomic E-state index is 12.3. The summed E-state index contributed by atoms with van der Waals surface area (Å²) in [5.41, 5.74) is 2.31. The fourth-order valence-electron chi connectivity index (χ4n) is 2.35. The Morgan fingerprint density at radius 3 is 2.80 bits per heavy atom. The van der Waals surface area contributed by atoms with Gasteiger partial charge in [-0.3, -0.25) is 0 Å². The van der Waals surface area contributed by atoms with Crippen LogP contribution in [0.4, 0.5) is 5.82 Å². The molecule has 0 bridgehead atoms. The number of sulfonamides is 1. The zero-order valence-corrected chi connectivity index (χ0v) is 11.9. The summed E-state index contributed by atoms with van der Waals surface area (Å²) in [7, 11) is -3.69. The van der Waals surface area contributed by atoms with E-state index in [1.165, 1.54) is 18.3 Å². The molecule has 5 N–H and O–H groups in total. The lowest BCUT2D eigenvalue weighted by molar-refractivity contribution is 0.130. The lowest BCUT2D eigenvalue weighted by atomic mass is 10.1. The van der Waals surface area contributed by atoms with Crippen LogP contribution >= 0.6 is 0 Å². The number of pyridine rings is 1. The van der Waals surface area contributed by atoms with Crippen LogP contribution in [0.15, 0.2) is 23.2 Å². The standard InChI is InChI=1S/C12H20N4O3S/c13-15-12-8-9(6-7-14-12)20(18,19)16-10-4-2-1-3-5-11(10)17/h6-8,10-11,16-17H,1-5,13H2,(H,14,15). The van der Waals surface area contributed by atoms with Gasteiger partial charge >= 0.3 is 0 Å². The molecule has 112 valence electrons. The van der Waals surface area contributed by atoms with Crippen molar-refractivity contribution in [2.24, 2.45) is 5.84 Å². The number of anilines is 1. The molecule has 0 amide bonds. The van der Waals surface area contributed by atoms with Crippen LogP contribution in [-0.4, -0.2) is 30.7 Å². The van der Waals surface area contributed by atoms with Crippen LogP contribution in [0.2, 0.25) is 0 Å². The Balaban J connectivity index is 2.17. The van der Waals surface area contributed by atoms with Gasteiger partial charge in [-0.25, -0.2) is 24.0 Å². The predicted octanol–water partition coefficient (Wildman–Crippen LogP) is 0.339. The lowest BCUT2D eigenvalue weighted by Crippen LogP contribution is -2.42. The monoisotopic (exact) mass is 300 g/mol. The van der Waals surface area contributed by atoms with Crippen molar-refractivity contribution in [1.82, 2.24) is 9.71 Å². The first-order valence-corrected chi connectivity index (χ1v) is 8.14. The van der Waals surface area contributed by atoms with Crippen molar-refractivity contribution in [2.75, 3.05) is 5.43 Å². The van der Waals surface area contributed by atoms with E-state index in [2.05, 4.69) is 15.1 Å². The van der Waals surface area contributed by atoms with Crippen molar-refractivity contribution in [3.63, 3.8) is 0 Å². The highest BCUT2D eigenvalue weighted by Crippen LogP contribution is 2.20. The van der Waals surface area contributed by atoms with Gasteiger partial charge in [0.05, 0.1) is 11.0 Å². The molecule has 2 rings (SSSR count). The molecule has 0 spiro atoms. The molecule has 1 heterocycles. The SMILES string of the molecule is NNc1cc(S(=O)(=O)NC2CCCCCC2O)ccn1. The molecule has 1 aromatic rings. The molecule has 1 aliphatic carbocycles. The highest BCUT2D eigenvalue weighted by atomic mass is 32.2. The van der Waals surface area contributed by atoms with Gasteiger partial charge in [-0.1, -0.05) is 19.3 Å². The van der Waals surface area contributed by atoms with Crippen molar-refractivity contribution < 1.29 is 13.5 Å². The fraction of sp³-hybridized carbons (Fsp3) is 0.583. The zero-order valence-electron chi connectivity index (χ0n) is 11.1. The number of nitrogens with zero attached hydrogens (tertiary/aromatic N) is 1. The number of hydrogen-bond donors (Lipinski definition) is 4. The zero-order chi connectivity index (χ0) is 14.6. The Bertz CT molecular complexity index is 549. The van der Waals surface area contributed by atoms with Crippen molar-refractivity contribution >= 4 is 15.8 Å². The number of aliphatic hydroxyl groups excluding tert-OH is 1. The molecule has 20 heavy (non-hydrogen) atoms. The second kappa shape index (κ2) is 6.49. The number of nitrogens with two attached hydrogens (primary N) is 1. The minimum atomic E-state index is -3.69. The van der Waals surface area contributed by atoms with Gasteiger partial charge in [0.25, 0.3) is 0 Å². The first-order chi connectivity index (χ1) is 9.53. The third-order valence-corrected chi connectivity index (χ3v) is 4.96. The summed E-state index contributed by atoms with van der Waals surface area (Å²) >= 11 is 0. The molecule has 0 radical (unpaired) electrons. The number of hydrazine groups is 1. The van der Waals surface area contributed by atoms with Gasteiger partial charge in [0, 0.05) is 18.3 Å². The maximum atomic E-state index is 12.3. The highest BCUT2D eigenvalue weighted by molar-refractivity contribution is 7.89. The number of rotatable bonds is 4. The second-order valence-electron chi connectivity index (χ2n) is 4.95. The highest BCUT2D eigenvalue weighted by Gasteiger charge is 2.27. The summed E-state index contributed by atoms with van der Waals surface area (Å²) in [6.45, 7) is 0. The molecule has 2 atom stereocenters. The fourth-order valence-corrected chi connectivity index (χ4v) is 3.67. The van der Waals surface area contributed by atoms with Crippen LogP contribution in [0, 0.1) is 0 Å². The first kappa shape index (κ1) is 15.2. The van der Waals surface area contributed by atoms with Crippen LogP contribution < -0.4 is 16.0 Å². The largest absolute Gasteiger partial charge is 0.391 e. The molecule has 0 saturated heterocycles. The summed E-state index contributed by atoms with van der Waals surface area (Å²) in [6.07, 6.45) is 4.86. The van der Waals surface area contributed by atoms with Gasteiger partial charge in [-0.2, -0.15) is 0 Å². The Morgan fingerprint density at radius 2 is 2.05 bits per heavy atom. The van der Waals surface area contributed by atoms with E-state index >= 15 is 0 Å². The van der Waals surface area contributed by atoms with Gasteiger partial charge in [-0.15, -0.1) is 0 Å². The number of aliphatic hydroxyl groups is 1. The van der Waals surface area contributed by atoms with E-state index in [0.29, 0.717) is 12.8 Å². The van der Waals surface area contributed by atoms with Crippen LogP contribution in [0.5, 0.6) is 0 Å². The molecule has 1 saturated carbocycles. The van der Waals surface area contributed by atoms with Crippen molar-refractivity contribution in [3.05, 3.63) is 18.3 Å². The van der Waals surface area contributed by atoms with Crippen molar-refractivity contribution in [3.8, 4) is 0 Å². The van der Waals surface area contributed by atoms with E-state index in [1.54, 1.807) is 0 Å². The normalized spacial score (nSPS) is 24.1. The van der Waals surface area contributed by atoms with Gasteiger partial charge < -0.3 is 10.5 Å². The minimum Gasteiger partial charge on any atom is -0.391 e. The summed E-state index contributed by atoms with van der Waals surface area (Å²) in [6, 6.07) is 2.31. The second-order valence-corrected chi connectivity index (χ2v) is 6.67. The number of nitrogens with one attached hydrogen (secondary N) is 2. The number of hydrogen-bond acceptors (Lipinski definition) is 6. The molecule has 1 fully saturated rings. The Morgan fingerprint density at radius 1 is 1.30 bits per heavy atom. The molecule has 8 heteroatoms. The van der Waals surface area contributed by atoms with E-state index in [9.17, 15) is 13.5 Å². The quantitative estimate of drug-likeness (QED) is 0.362. The lowest BCUT2D eigenvalue weighted by Gasteiger charge is -2.21. The van der Waals surface area contributed by atoms with Crippen molar-refractivity contribution in [2.45, 2.75) is 49.1 Å². The summed E-state index contributed by atoms with van der Waals surface area (Å²) in [4.78, 5) is 3.95. The average molecular weight is 300 g/mol. The maximum Gasteiger partial charge on any atom is 0.241 e. The summed E-state index contributed by atoms with van der Waals surface area (Å²) in [5, 5.41) is 9.99. The molecule has 0 aliphatic heterocycles. The third-order valence-electron chi connectivity index (χ3n) is 3.48. The van der Waals surface area contributed by atoms with E-state index in [0.717, 1.165) is 19.3 Å². The van der Waals surface area contributed by atoms with Crippen LogP contribution in [0.3, 0.4) is 0 Å². The first-order valence-electron chi connectivity index (χ1n) is 6.66. The Hall–Kier alpha value is -1.22. The van der Waals surface area contributed by atoms with E-state index in [1.807, 2.05) is 0 Å². The Labute approximate surface area is 118 Å². The van der Waals surface area contributed by atoms with E-state index < -0.39 is 22.2 Å². The molecule has 7 nitrogen and oxygen atoms in total.